The summed E-state index contributed by atoms with van der Waals surface area (Å²) in [6.07, 6.45) is 9.99. The number of nitrogens with one attached hydrogen (secondary N) is 1. The lowest BCUT2D eigenvalue weighted by Gasteiger charge is -2.33. The first-order valence-corrected chi connectivity index (χ1v) is 7.66. The van der Waals surface area contributed by atoms with E-state index in [0.29, 0.717) is 0 Å². The zero-order valence-corrected chi connectivity index (χ0v) is 11.8. The van der Waals surface area contributed by atoms with Crippen molar-refractivity contribution in [2.24, 2.45) is 11.8 Å². The van der Waals surface area contributed by atoms with Crippen LogP contribution in [0.15, 0.2) is 0 Å². The molecule has 2 aliphatic rings. The molecule has 2 nitrogen and oxygen atoms in total. The van der Waals surface area contributed by atoms with E-state index >= 15 is 0 Å². The first-order chi connectivity index (χ1) is 8.25. The van der Waals surface area contributed by atoms with Crippen LogP contribution in [-0.2, 0) is 0 Å². The standard InChI is InChI=1S/C15H30N2/c1-13-5-7-15(8-6-13)17(2)11-3-4-14-9-10-16-12-14/h13-16H,3-12H2,1-2H3. The summed E-state index contributed by atoms with van der Waals surface area (Å²) in [7, 11) is 2.34. The SMILES string of the molecule is CC1CCC(N(C)CCCC2CCNC2)CC1. The molecule has 0 aromatic rings. The van der Waals surface area contributed by atoms with Crippen LogP contribution in [-0.4, -0.2) is 37.6 Å². The summed E-state index contributed by atoms with van der Waals surface area (Å²) >= 11 is 0. The summed E-state index contributed by atoms with van der Waals surface area (Å²) < 4.78 is 0. The smallest absolute Gasteiger partial charge is 0.00924 e. The Morgan fingerprint density at radius 2 is 1.88 bits per heavy atom. The van der Waals surface area contributed by atoms with Crippen molar-refractivity contribution < 1.29 is 0 Å². The van der Waals surface area contributed by atoms with Crippen LogP contribution in [0.3, 0.4) is 0 Å². The third-order valence-electron chi connectivity index (χ3n) is 4.89. The van der Waals surface area contributed by atoms with Gasteiger partial charge in [-0.25, -0.2) is 0 Å². The van der Waals surface area contributed by atoms with Crippen molar-refractivity contribution in [3.63, 3.8) is 0 Å². The molecule has 2 rings (SSSR count). The maximum absolute atomic E-state index is 3.47. The van der Waals surface area contributed by atoms with Gasteiger partial charge in [0.2, 0.25) is 0 Å². The van der Waals surface area contributed by atoms with Gasteiger partial charge >= 0.3 is 0 Å². The lowest BCUT2D eigenvalue weighted by molar-refractivity contribution is 0.166. The fourth-order valence-corrected chi connectivity index (χ4v) is 3.46. The largest absolute Gasteiger partial charge is 0.316 e. The Labute approximate surface area is 107 Å². The molecule has 2 fully saturated rings. The van der Waals surface area contributed by atoms with Gasteiger partial charge in [0.05, 0.1) is 0 Å². The average Bonchev–Trinajstić information content (AvgIpc) is 2.83. The summed E-state index contributed by atoms with van der Waals surface area (Å²) in [5, 5.41) is 3.47. The lowest BCUT2D eigenvalue weighted by atomic mass is 9.86. The van der Waals surface area contributed by atoms with E-state index in [1.54, 1.807) is 0 Å². The van der Waals surface area contributed by atoms with Crippen molar-refractivity contribution in [3.8, 4) is 0 Å². The molecule has 1 saturated heterocycles. The Bertz CT molecular complexity index is 203. The molecule has 0 spiro atoms. The van der Waals surface area contributed by atoms with Crippen LogP contribution < -0.4 is 5.32 Å². The zero-order valence-electron chi connectivity index (χ0n) is 11.8. The van der Waals surface area contributed by atoms with Crippen molar-refractivity contribution in [1.82, 2.24) is 10.2 Å². The van der Waals surface area contributed by atoms with Crippen molar-refractivity contribution in [3.05, 3.63) is 0 Å². The third kappa shape index (κ3) is 4.26. The first kappa shape index (κ1) is 13.4. The monoisotopic (exact) mass is 238 g/mol. The molecular weight excluding hydrogens is 208 g/mol. The van der Waals surface area contributed by atoms with Crippen LogP contribution in [0.1, 0.15) is 51.9 Å². The molecule has 1 aliphatic carbocycles. The molecule has 0 radical (unpaired) electrons. The van der Waals surface area contributed by atoms with Gasteiger partial charge in [0.25, 0.3) is 0 Å². The minimum Gasteiger partial charge on any atom is -0.316 e. The van der Waals surface area contributed by atoms with E-state index in [-0.39, 0.29) is 0 Å². The molecule has 1 heterocycles. The van der Waals surface area contributed by atoms with E-state index in [1.165, 1.54) is 64.6 Å². The molecule has 1 saturated carbocycles. The van der Waals surface area contributed by atoms with Crippen molar-refractivity contribution >= 4 is 0 Å². The Kier molecular flexibility index (Phi) is 5.30. The highest BCUT2D eigenvalue weighted by Crippen LogP contribution is 2.26. The number of nitrogens with zero attached hydrogens (tertiary/aromatic N) is 1. The van der Waals surface area contributed by atoms with Gasteiger partial charge in [-0.3, -0.25) is 0 Å². The highest BCUT2D eigenvalue weighted by molar-refractivity contribution is 4.77. The topological polar surface area (TPSA) is 15.3 Å². The second kappa shape index (κ2) is 6.75. The van der Waals surface area contributed by atoms with Gasteiger partial charge in [-0.15, -0.1) is 0 Å². The predicted octanol–water partition coefficient (Wildman–Crippen LogP) is 2.89. The molecule has 1 atom stereocenters. The van der Waals surface area contributed by atoms with Gasteiger partial charge in [-0.1, -0.05) is 6.92 Å². The van der Waals surface area contributed by atoms with Gasteiger partial charge in [0.15, 0.2) is 0 Å². The Balaban J connectivity index is 1.58. The van der Waals surface area contributed by atoms with E-state index in [1.807, 2.05) is 0 Å². The highest BCUT2D eigenvalue weighted by atomic mass is 15.1. The molecule has 100 valence electrons. The van der Waals surface area contributed by atoms with E-state index in [4.69, 9.17) is 0 Å². The molecular formula is C15H30N2. The molecule has 0 bridgehead atoms. The third-order valence-corrected chi connectivity index (χ3v) is 4.89. The first-order valence-electron chi connectivity index (χ1n) is 7.66. The summed E-state index contributed by atoms with van der Waals surface area (Å²) in [6, 6.07) is 0.882. The molecule has 17 heavy (non-hydrogen) atoms. The maximum atomic E-state index is 3.47. The maximum Gasteiger partial charge on any atom is 0.00924 e. The van der Waals surface area contributed by atoms with Gasteiger partial charge in [0.1, 0.15) is 0 Å². The molecule has 1 aliphatic heterocycles. The normalized spacial score (nSPS) is 34.4. The quantitative estimate of drug-likeness (QED) is 0.792. The van der Waals surface area contributed by atoms with Gasteiger partial charge < -0.3 is 10.2 Å². The van der Waals surface area contributed by atoms with Crippen LogP contribution >= 0.6 is 0 Å². The molecule has 2 heteroatoms. The van der Waals surface area contributed by atoms with Crippen molar-refractivity contribution in [1.29, 1.82) is 0 Å². The average molecular weight is 238 g/mol. The summed E-state index contributed by atoms with van der Waals surface area (Å²) in [4.78, 5) is 2.63. The zero-order chi connectivity index (χ0) is 12.1. The second-order valence-corrected chi connectivity index (χ2v) is 6.40. The minimum atomic E-state index is 0.882. The fraction of sp³-hybridized carbons (Fsp3) is 1.00. The van der Waals surface area contributed by atoms with Crippen LogP contribution in [0, 0.1) is 11.8 Å². The predicted molar refractivity (Wildman–Crippen MR) is 74.3 cm³/mol. The molecule has 0 amide bonds. The molecule has 1 unspecified atom stereocenters. The van der Waals surface area contributed by atoms with E-state index in [2.05, 4.69) is 24.2 Å². The molecule has 0 aromatic heterocycles. The Hall–Kier alpha value is -0.0800. The number of rotatable bonds is 5. The van der Waals surface area contributed by atoms with Gasteiger partial charge in [-0.2, -0.15) is 0 Å². The van der Waals surface area contributed by atoms with Crippen LogP contribution in [0.2, 0.25) is 0 Å². The van der Waals surface area contributed by atoms with Crippen LogP contribution in [0.5, 0.6) is 0 Å². The van der Waals surface area contributed by atoms with E-state index in [0.717, 1.165) is 17.9 Å². The minimum absolute atomic E-state index is 0.882. The van der Waals surface area contributed by atoms with E-state index < -0.39 is 0 Å². The number of hydrogen-bond donors (Lipinski definition) is 1. The summed E-state index contributed by atoms with van der Waals surface area (Å²) in [6.45, 7) is 6.24. The van der Waals surface area contributed by atoms with Gasteiger partial charge in [0, 0.05) is 6.04 Å². The van der Waals surface area contributed by atoms with Crippen molar-refractivity contribution in [2.45, 2.75) is 57.9 Å². The lowest BCUT2D eigenvalue weighted by Crippen LogP contribution is -2.35. The molecule has 1 N–H and O–H groups in total. The van der Waals surface area contributed by atoms with Gasteiger partial charge in [-0.05, 0) is 83.5 Å². The summed E-state index contributed by atoms with van der Waals surface area (Å²) in [5.41, 5.74) is 0. The second-order valence-electron chi connectivity index (χ2n) is 6.40. The Morgan fingerprint density at radius 3 is 2.53 bits per heavy atom. The summed E-state index contributed by atoms with van der Waals surface area (Å²) in [5.74, 6) is 1.94. The van der Waals surface area contributed by atoms with Crippen molar-refractivity contribution in [2.75, 3.05) is 26.7 Å². The fourth-order valence-electron chi connectivity index (χ4n) is 3.46. The van der Waals surface area contributed by atoms with Crippen LogP contribution in [0.4, 0.5) is 0 Å². The van der Waals surface area contributed by atoms with Crippen LogP contribution in [0.25, 0.3) is 0 Å². The van der Waals surface area contributed by atoms with E-state index in [9.17, 15) is 0 Å². The molecule has 0 aromatic carbocycles. The highest BCUT2D eigenvalue weighted by Gasteiger charge is 2.21. The Morgan fingerprint density at radius 1 is 1.12 bits per heavy atom. The number of hydrogen-bond acceptors (Lipinski definition) is 2.